The van der Waals surface area contributed by atoms with Gasteiger partial charge in [-0.3, -0.25) is 0 Å². The van der Waals surface area contributed by atoms with E-state index < -0.39 is 0 Å². The molecule has 2 heterocycles. The maximum absolute atomic E-state index is 4.34. The van der Waals surface area contributed by atoms with Gasteiger partial charge in [0.1, 0.15) is 5.70 Å². The minimum absolute atomic E-state index is 0.774. The van der Waals surface area contributed by atoms with Crippen LogP contribution in [0.2, 0.25) is 0 Å². The second-order valence-electron chi connectivity index (χ2n) is 3.40. The average Bonchev–Trinajstić information content (AvgIpc) is 2.33. The van der Waals surface area contributed by atoms with Gasteiger partial charge in [0.2, 0.25) is 5.84 Å². The Morgan fingerprint density at radius 3 is 2.75 bits per heavy atom. The highest BCUT2D eigenvalue weighted by Gasteiger charge is 2.37. The molecule has 0 aromatic heterocycles. The van der Waals surface area contributed by atoms with E-state index in [-0.39, 0.29) is 0 Å². The molecule has 1 unspecified atom stereocenters. The van der Waals surface area contributed by atoms with Gasteiger partial charge in [-0.15, -0.1) is 0 Å². The van der Waals surface area contributed by atoms with Crippen molar-refractivity contribution in [2.24, 2.45) is 4.99 Å². The summed E-state index contributed by atoms with van der Waals surface area (Å²) in [4.78, 5) is 4.34. The zero-order valence-electron chi connectivity index (χ0n) is 7.70. The summed E-state index contributed by atoms with van der Waals surface area (Å²) in [5.74, 6) is 1.14. The van der Waals surface area contributed by atoms with Crippen molar-refractivity contribution >= 4 is 5.84 Å². The molecule has 2 heteroatoms. The van der Waals surface area contributed by atoms with Crippen LogP contribution in [0.25, 0.3) is 0 Å². The van der Waals surface area contributed by atoms with Crippen LogP contribution in [0.1, 0.15) is 13.8 Å². The highest BCUT2D eigenvalue weighted by atomic mass is 15.4. The number of nitrogens with zero attached hydrogens (tertiary/aromatic N) is 2. The van der Waals surface area contributed by atoms with Gasteiger partial charge in [-0.25, -0.2) is 9.48 Å². The van der Waals surface area contributed by atoms with Gasteiger partial charge in [0, 0.05) is 19.9 Å². The van der Waals surface area contributed by atoms with Gasteiger partial charge in [-0.1, -0.05) is 6.08 Å². The smallest absolute Gasteiger partial charge is 0.209 e. The predicted octanol–water partition coefficient (Wildman–Crippen LogP) is 2.18. The van der Waals surface area contributed by atoms with Crippen molar-refractivity contribution < 1.29 is 4.48 Å². The van der Waals surface area contributed by atoms with Crippen molar-refractivity contribution in [3.8, 4) is 0 Å². The minimum atomic E-state index is 0.774. The maximum atomic E-state index is 4.34. The van der Waals surface area contributed by atoms with Crippen LogP contribution in [0, 0.1) is 0 Å². The number of likely N-dealkylation sites (N-methyl/N-ethyl adjacent to an activating group) is 1. The normalized spacial score (nSPS) is 32.4. The Hall–Kier alpha value is -1.15. The van der Waals surface area contributed by atoms with E-state index >= 15 is 0 Å². The van der Waals surface area contributed by atoms with E-state index in [4.69, 9.17) is 0 Å². The second kappa shape index (κ2) is 2.17. The van der Waals surface area contributed by atoms with Gasteiger partial charge >= 0.3 is 0 Å². The molecule has 2 aliphatic heterocycles. The molecular formula is C10H13N2+. The summed E-state index contributed by atoms with van der Waals surface area (Å²) in [5, 5.41) is 0. The third-order valence-corrected chi connectivity index (χ3v) is 2.86. The predicted molar refractivity (Wildman–Crippen MR) is 50.3 cm³/mol. The molecule has 0 aromatic carbocycles. The molecule has 62 valence electrons. The molecule has 0 bridgehead atoms. The highest BCUT2D eigenvalue weighted by molar-refractivity contribution is 5.78. The number of fused-ring (bicyclic) bond motifs is 1. The first kappa shape index (κ1) is 7.50. The summed E-state index contributed by atoms with van der Waals surface area (Å²) in [6.45, 7) is 4.21. The monoisotopic (exact) mass is 161 g/mol. The number of hydrogen-bond acceptors (Lipinski definition) is 1. The van der Waals surface area contributed by atoms with E-state index in [9.17, 15) is 0 Å². The first-order chi connectivity index (χ1) is 5.65. The number of amidine groups is 1. The van der Waals surface area contributed by atoms with Crippen molar-refractivity contribution in [3.05, 3.63) is 35.8 Å². The maximum Gasteiger partial charge on any atom is 0.209 e. The lowest BCUT2D eigenvalue weighted by atomic mass is 10.2. The van der Waals surface area contributed by atoms with Crippen LogP contribution in [-0.2, 0) is 0 Å². The van der Waals surface area contributed by atoms with Crippen LogP contribution < -0.4 is 0 Å². The Balaban J connectivity index is 2.58. The van der Waals surface area contributed by atoms with Crippen molar-refractivity contribution in [1.29, 1.82) is 0 Å². The molecule has 2 rings (SSSR count). The van der Waals surface area contributed by atoms with Crippen LogP contribution >= 0.6 is 0 Å². The van der Waals surface area contributed by atoms with Gasteiger partial charge in [0.05, 0.1) is 13.2 Å². The fraction of sp³-hybridized carbons (Fsp3) is 0.300. The summed E-state index contributed by atoms with van der Waals surface area (Å²) >= 11 is 0. The van der Waals surface area contributed by atoms with Gasteiger partial charge in [0.15, 0.2) is 5.70 Å². The number of rotatable bonds is 0. The van der Waals surface area contributed by atoms with Crippen molar-refractivity contribution in [2.75, 3.05) is 7.05 Å². The van der Waals surface area contributed by atoms with Crippen LogP contribution in [0.4, 0.5) is 0 Å². The molecule has 0 spiro atoms. The SMILES string of the molecule is CC1=CC=CC2=CN=C(C)[N+]12C. The fourth-order valence-electron chi connectivity index (χ4n) is 1.66. The Morgan fingerprint density at radius 1 is 1.33 bits per heavy atom. The summed E-state index contributed by atoms with van der Waals surface area (Å²) < 4.78 is 0.774. The largest absolute Gasteiger partial charge is 0.219 e. The van der Waals surface area contributed by atoms with Gasteiger partial charge in [-0.2, -0.15) is 0 Å². The number of hydrogen-bond donors (Lipinski definition) is 0. The lowest BCUT2D eigenvalue weighted by Crippen LogP contribution is -2.43. The van der Waals surface area contributed by atoms with Crippen LogP contribution in [0.5, 0.6) is 0 Å². The zero-order valence-corrected chi connectivity index (χ0v) is 7.70. The Morgan fingerprint density at radius 2 is 2.08 bits per heavy atom. The standard InChI is InChI=1S/C10H13N2/c1-8-5-4-6-10-7-11-9(2)12(8,10)3/h4-7H,1-3H3/q+1. The second-order valence-corrected chi connectivity index (χ2v) is 3.40. The Labute approximate surface area is 72.8 Å². The number of quaternary nitrogens is 1. The Kier molecular flexibility index (Phi) is 1.36. The summed E-state index contributed by atoms with van der Waals surface area (Å²) in [6.07, 6.45) is 8.28. The molecule has 0 radical (unpaired) electrons. The molecule has 0 aromatic rings. The molecule has 2 aliphatic rings. The first-order valence-electron chi connectivity index (χ1n) is 4.13. The number of allylic oxidation sites excluding steroid dienone is 4. The molecule has 1 atom stereocenters. The molecule has 0 saturated heterocycles. The third-order valence-electron chi connectivity index (χ3n) is 2.86. The van der Waals surface area contributed by atoms with E-state index in [1.807, 2.05) is 6.20 Å². The summed E-state index contributed by atoms with van der Waals surface area (Å²) in [5.41, 5.74) is 2.58. The molecule has 2 nitrogen and oxygen atoms in total. The van der Waals surface area contributed by atoms with E-state index in [1.165, 1.54) is 11.4 Å². The van der Waals surface area contributed by atoms with Crippen molar-refractivity contribution in [1.82, 2.24) is 0 Å². The van der Waals surface area contributed by atoms with Gasteiger partial charge in [0.25, 0.3) is 0 Å². The van der Waals surface area contributed by atoms with E-state index in [1.54, 1.807) is 0 Å². The van der Waals surface area contributed by atoms with Crippen molar-refractivity contribution in [3.63, 3.8) is 0 Å². The lowest BCUT2D eigenvalue weighted by Gasteiger charge is -2.31. The van der Waals surface area contributed by atoms with Gasteiger partial charge in [-0.05, 0) is 6.08 Å². The molecule has 0 N–H and O–H groups in total. The third kappa shape index (κ3) is 0.703. The molecule has 0 aliphatic carbocycles. The average molecular weight is 161 g/mol. The topological polar surface area (TPSA) is 12.4 Å². The quantitative estimate of drug-likeness (QED) is 0.483. The lowest BCUT2D eigenvalue weighted by molar-refractivity contribution is -0.733. The van der Waals surface area contributed by atoms with E-state index in [0.29, 0.717) is 0 Å². The molecule has 0 saturated carbocycles. The molecule has 12 heavy (non-hydrogen) atoms. The van der Waals surface area contributed by atoms with E-state index in [0.717, 1.165) is 10.3 Å². The van der Waals surface area contributed by atoms with Crippen LogP contribution in [-0.4, -0.2) is 17.4 Å². The van der Waals surface area contributed by atoms with Crippen LogP contribution in [0.15, 0.2) is 40.8 Å². The summed E-state index contributed by atoms with van der Waals surface area (Å²) in [6, 6.07) is 0. The van der Waals surface area contributed by atoms with Crippen LogP contribution in [0.3, 0.4) is 0 Å². The number of aliphatic imine (C=N–C) groups is 1. The van der Waals surface area contributed by atoms with E-state index in [2.05, 4.69) is 44.1 Å². The molecular weight excluding hydrogens is 148 g/mol. The zero-order chi connectivity index (χ0) is 8.77. The highest BCUT2D eigenvalue weighted by Crippen LogP contribution is 2.32. The summed E-state index contributed by atoms with van der Waals surface area (Å²) in [7, 11) is 2.17. The molecule has 0 amide bonds. The molecule has 0 fully saturated rings. The first-order valence-corrected chi connectivity index (χ1v) is 4.13. The van der Waals surface area contributed by atoms with Crippen molar-refractivity contribution in [2.45, 2.75) is 13.8 Å². The Bertz CT molecular complexity index is 345. The fourth-order valence-corrected chi connectivity index (χ4v) is 1.66. The van der Waals surface area contributed by atoms with Gasteiger partial charge < -0.3 is 0 Å². The minimum Gasteiger partial charge on any atom is -0.219 e.